The number of aryl methyl sites for hydroxylation is 2. The van der Waals surface area contributed by atoms with Gasteiger partial charge in [-0.3, -0.25) is 0 Å². The van der Waals surface area contributed by atoms with E-state index in [1.807, 2.05) is 50.2 Å². The molecule has 7 nitrogen and oxygen atoms in total. The van der Waals surface area contributed by atoms with Gasteiger partial charge in [0.15, 0.2) is 0 Å². The maximum Gasteiger partial charge on any atom is 0.322 e. The number of carbonyl (C=O) groups is 1. The molecule has 0 saturated carbocycles. The van der Waals surface area contributed by atoms with Crippen molar-refractivity contribution >= 4 is 11.7 Å². The smallest absolute Gasteiger partial charge is 0.322 e. The largest absolute Gasteiger partial charge is 0.497 e. The van der Waals surface area contributed by atoms with E-state index in [0.717, 1.165) is 41.0 Å². The van der Waals surface area contributed by atoms with Crippen LogP contribution in [0.2, 0.25) is 0 Å². The maximum absolute atomic E-state index is 12.9. The molecule has 1 saturated heterocycles. The number of ether oxygens (including phenoxy) is 1. The summed E-state index contributed by atoms with van der Waals surface area (Å²) in [7, 11) is 1.62. The number of nitrogens with one attached hydrogen (secondary N) is 1. The number of anilines is 1. The Morgan fingerprint density at radius 2 is 1.90 bits per heavy atom. The van der Waals surface area contributed by atoms with Gasteiger partial charge in [-0.25, -0.2) is 4.79 Å². The Morgan fingerprint density at radius 1 is 1.17 bits per heavy atom. The number of hydrogen-bond acceptors (Lipinski definition) is 5. The molecule has 1 aromatic heterocycles. The van der Waals surface area contributed by atoms with Gasteiger partial charge in [0, 0.05) is 17.8 Å². The van der Waals surface area contributed by atoms with Gasteiger partial charge in [0.2, 0.25) is 11.7 Å². The minimum atomic E-state index is -0.222. The topological polar surface area (TPSA) is 80.5 Å². The molecule has 1 aliphatic heterocycles. The Balaban J connectivity index is 1.50. The summed E-state index contributed by atoms with van der Waals surface area (Å²) in [4.78, 5) is 19.2. The molecule has 150 valence electrons. The van der Waals surface area contributed by atoms with E-state index >= 15 is 0 Å². The number of carbonyl (C=O) groups excluding carboxylic acids is 1. The highest BCUT2D eigenvalue weighted by molar-refractivity contribution is 5.90. The van der Waals surface area contributed by atoms with E-state index < -0.39 is 0 Å². The van der Waals surface area contributed by atoms with Crippen molar-refractivity contribution in [2.75, 3.05) is 19.0 Å². The Hall–Kier alpha value is -3.35. The third kappa shape index (κ3) is 4.08. The highest BCUT2D eigenvalue weighted by Crippen LogP contribution is 2.33. The van der Waals surface area contributed by atoms with Crippen LogP contribution in [0, 0.1) is 13.8 Å². The Morgan fingerprint density at radius 3 is 2.59 bits per heavy atom. The van der Waals surface area contributed by atoms with E-state index in [9.17, 15) is 4.79 Å². The monoisotopic (exact) mass is 392 g/mol. The van der Waals surface area contributed by atoms with Crippen LogP contribution in [-0.2, 0) is 0 Å². The van der Waals surface area contributed by atoms with Crippen LogP contribution < -0.4 is 10.1 Å². The van der Waals surface area contributed by atoms with E-state index in [0.29, 0.717) is 18.3 Å². The minimum absolute atomic E-state index is 0.151. The van der Waals surface area contributed by atoms with Crippen molar-refractivity contribution in [3.05, 3.63) is 59.5 Å². The molecule has 2 heterocycles. The fraction of sp³-hybridized carbons (Fsp3) is 0.318. The van der Waals surface area contributed by atoms with Crippen LogP contribution in [0.15, 0.2) is 47.0 Å². The SMILES string of the molecule is COc1ccc(-c2noc(C3CCCN3C(=O)Nc3cc(C)cc(C)c3)n2)cc1. The van der Waals surface area contributed by atoms with Gasteiger partial charge in [-0.15, -0.1) is 0 Å². The van der Waals surface area contributed by atoms with Gasteiger partial charge < -0.3 is 19.5 Å². The van der Waals surface area contributed by atoms with Crippen molar-refractivity contribution in [1.82, 2.24) is 15.0 Å². The molecule has 4 rings (SSSR count). The van der Waals surface area contributed by atoms with E-state index in [1.54, 1.807) is 12.0 Å². The molecule has 7 heteroatoms. The van der Waals surface area contributed by atoms with Crippen molar-refractivity contribution in [2.24, 2.45) is 0 Å². The first-order valence-electron chi connectivity index (χ1n) is 9.67. The first-order chi connectivity index (χ1) is 14.0. The van der Waals surface area contributed by atoms with Crippen LogP contribution in [0.25, 0.3) is 11.4 Å². The molecule has 29 heavy (non-hydrogen) atoms. The zero-order valence-corrected chi connectivity index (χ0v) is 16.8. The molecule has 0 radical (unpaired) electrons. The summed E-state index contributed by atoms with van der Waals surface area (Å²) in [5.41, 5.74) is 3.85. The lowest BCUT2D eigenvalue weighted by atomic mass is 10.1. The van der Waals surface area contributed by atoms with Gasteiger partial charge >= 0.3 is 6.03 Å². The minimum Gasteiger partial charge on any atom is -0.497 e. The van der Waals surface area contributed by atoms with Crippen molar-refractivity contribution in [3.63, 3.8) is 0 Å². The Kier molecular flexibility index (Phi) is 5.20. The predicted octanol–water partition coefficient (Wildman–Crippen LogP) is 4.73. The number of nitrogens with zero attached hydrogens (tertiary/aromatic N) is 3. The molecule has 0 bridgehead atoms. The van der Waals surface area contributed by atoms with Crippen molar-refractivity contribution in [3.8, 4) is 17.1 Å². The molecule has 3 aromatic rings. The van der Waals surface area contributed by atoms with Gasteiger partial charge in [0.25, 0.3) is 0 Å². The maximum atomic E-state index is 12.9. The normalized spacial score (nSPS) is 16.1. The summed E-state index contributed by atoms with van der Waals surface area (Å²) >= 11 is 0. The zero-order valence-electron chi connectivity index (χ0n) is 16.8. The number of methoxy groups -OCH3 is 1. The van der Waals surface area contributed by atoms with Crippen LogP contribution in [0.1, 0.15) is 35.9 Å². The number of hydrogen-bond donors (Lipinski definition) is 1. The standard InChI is InChI=1S/C22H24N4O3/c1-14-11-15(2)13-17(12-14)23-22(27)26-10-4-5-19(26)21-24-20(25-29-21)16-6-8-18(28-3)9-7-16/h6-9,11-13,19H,4-5,10H2,1-3H3,(H,23,27). The second-order valence-electron chi connectivity index (χ2n) is 7.34. The first-order valence-corrected chi connectivity index (χ1v) is 9.67. The van der Waals surface area contributed by atoms with Gasteiger partial charge in [-0.2, -0.15) is 4.98 Å². The van der Waals surface area contributed by atoms with Gasteiger partial charge in [-0.05, 0) is 74.2 Å². The highest BCUT2D eigenvalue weighted by Gasteiger charge is 2.34. The molecule has 1 N–H and O–H groups in total. The molecule has 2 amide bonds. The van der Waals surface area contributed by atoms with Crippen molar-refractivity contribution in [2.45, 2.75) is 32.7 Å². The third-order valence-electron chi connectivity index (χ3n) is 5.06. The predicted molar refractivity (Wildman–Crippen MR) is 110 cm³/mol. The summed E-state index contributed by atoms with van der Waals surface area (Å²) < 4.78 is 10.7. The summed E-state index contributed by atoms with van der Waals surface area (Å²) in [6, 6.07) is 13.1. The molecule has 1 unspecified atom stereocenters. The lowest BCUT2D eigenvalue weighted by Gasteiger charge is -2.22. The second kappa shape index (κ2) is 7.95. The fourth-order valence-electron chi connectivity index (χ4n) is 3.74. The molecular weight excluding hydrogens is 368 g/mol. The summed E-state index contributed by atoms with van der Waals surface area (Å²) in [5.74, 6) is 1.73. The zero-order chi connectivity index (χ0) is 20.4. The second-order valence-corrected chi connectivity index (χ2v) is 7.34. The van der Waals surface area contributed by atoms with Crippen LogP contribution in [-0.4, -0.2) is 34.7 Å². The number of rotatable bonds is 4. The first kappa shape index (κ1) is 19.0. The number of aromatic nitrogens is 2. The van der Waals surface area contributed by atoms with Gasteiger partial charge in [0.1, 0.15) is 11.8 Å². The molecule has 0 spiro atoms. The molecule has 1 aliphatic rings. The third-order valence-corrected chi connectivity index (χ3v) is 5.06. The van der Waals surface area contributed by atoms with E-state index in [1.165, 1.54) is 0 Å². The molecular formula is C22H24N4O3. The van der Waals surface area contributed by atoms with Crippen LogP contribution >= 0.6 is 0 Å². The van der Waals surface area contributed by atoms with Crippen molar-refractivity contribution < 1.29 is 14.1 Å². The molecule has 1 fully saturated rings. The molecule has 0 aliphatic carbocycles. The fourth-order valence-corrected chi connectivity index (χ4v) is 3.74. The van der Waals surface area contributed by atoms with Crippen LogP contribution in [0.4, 0.5) is 10.5 Å². The van der Waals surface area contributed by atoms with E-state index in [-0.39, 0.29) is 12.1 Å². The van der Waals surface area contributed by atoms with Gasteiger partial charge in [0.05, 0.1) is 7.11 Å². The number of benzene rings is 2. The highest BCUT2D eigenvalue weighted by atomic mass is 16.5. The lowest BCUT2D eigenvalue weighted by molar-refractivity contribution is 0.193. The van der Waals surface area contributed by atoms with Crippen LogP contribution in [0.5, 0.6) is 5.75 Å². The van der Waals surface area contributed by atoms with Gasteiger partial charge in [-0.1, -0.05) is 11.2 Å². The Bertz CT molecular complexity index is 993. The average Bonchev–Trinajstić information content (AvgIpc) is 3.36. The number of amides is 2. The number of likely N-dealkylation sites (tertiary alicyclic amines) is 1. The lowest BCUT2D eigenvalue weighted by Crippen LogP contribution is -2.34. The molecule has 1 atom stereocenters. The van der Waals surface area contributed by atoms with Crippen molar-refractivity contribution in [1.29, 1.82) is 0 Å². The number of urea groups is 1. The van der Waals surface area contributed by atoms with Crippen LogP contribution in [0.3, 0.4) is 0 Å². The quantitative estimate of drug-likeness (QED) is 0.694. The Labute approximate surface area is 169 Å². The average molecular weight is 392 g/mol. The van der Waals surface area contributed by atoms with E-state index in [2.05, 4.69) is 21.5 Å². The summed E-state index contributed by atoms with van der Waals surface area (Å²) in [6.45, 7) is 4.68. The van der Waals surface area contributed by atoms with E-state index in [4.69, 9.17) is 9.26 Å². The summed E-state index contributed by atoms with van der Waals surface area (Å²) in [6.07, 6.45) is 1.69. The molecule has 2 aromatic carbocycles. The summed E-state index contributed by atoms with van der Waals surface area (Å²) in [5, 5.41) is 7.10.